The van der Waals surface area contributed by atoms with Crippen LogP contribution in [0.2, 0.25) is 0 Å². The van der Waals surface area contributed by atoms with Crippen LogP contribution in [-0.2, 0) is 5.75 Å². The second-order valence-corrected chi connectivity index (χ2v) is 9.22. The molecule has 1 amide bonds. The normalized spacial score (nSPS) is 16.1. The molecule has 3 aromatic rings. The van der Waals surface area contributed by atoms with Gasteiger partial charge >= 0.3 is 0 Å². The summed E-state index contributed by atoms with van der Waals surface area (Å²) in [7, 11) is 4.27. The number of amides is 1. The van der Waals surface area contributed by atoms with Gasteiger partial charge in [0.15, 0.2) is 5.76 Å². The van der Waals surface area contributed by atoms with Gasteiger partial charge in [0.1, 0.15) is 5.76 Å². The highest BCUT2D eigenvalue weighted by atomic mass is 32.2. The fourth-order valence-electron chi connectivity index (χ4n) is 3.85. The summed E-state index contributed by atoms with van der Waals surface area (Å²) < 4.78 is 5.78. The maximum atomic E-state index is 12.7. The van der Waals surface area contributed by atoms with Crippen molar-refractivity contribution < 1.29 is 9.21 Å². The van der Waals surface area contributed by atoms with Crippen LogP contribution in [-0.4, -0.2) is 44.0 Å². The van der Waals surface area contributed by atoms with E-state index >= 15 is 0 Å². The van der Waals surface area contributed by atoms with Crippen molar-refractivity contribution in [2.75, 3.05) is 37.4 Å². The van der Waals surface area contributed by atoms with E-state index in [0.717, 1.165) is 31.0 Å². The summed E-state index contributed by atoms with van der Waals surface area (Å²) in [5, 5.41) is 2.99. The molecular weight excluding hydrogens is 406 g/mol. The molecule has 0 aliphatic carbocycles. The fourth-order valence-corrected chi connectivity index (χ4v) is 4.67. The Bertz CT molecular complexity index is 1030. The number of thioether (sulfide) groups is 1. The lowest BCUT2D eigenvalue weighted by atomic mass is 10.1. The number of furan rings is 1. The average Bonchev–Trinajstić information content (AvgIpc) is 3.44. The largest absolute Gasteiger partial charge is 0.455 e. The summed E-state index contributed by atoms with van der Waals surface area (Å²) in [6.07, 6.45) is 1.15. The van der Waals surface area contributed by atoms with Crippen molar-refractivity contribution in [2.24, 2.45) is 0 Å². The summed E-state index contributed by atoms with van der Waals surface area (Å²) in [6.45, 7) is 4.15. The molecule has 0 radical (unpaired) electrons. The number of anilines is 2. The van der Waals surface area contributed by atoms with Crippen molar-refractivity contribution >= 4 is 29.0 Å². The van der Waals surface area contributed by atoms with Gasteiger partial charge in [-0.25, -0.2) is 0 Å². The average molecular weight is 436 g/mol. The third kappa shape index (κ3) is 5.32. The zero-order valence-electron chi connectivity index (χ0n) is 18.3. The van der Waals surface area contributed by atoms with Gasteiger partial charge in [-0.2, -0.15) is 0 Å². The Balaban J connectivity index is 1.39. The van der Waals surface area contributed by atoms with Crippen molar-refractivity contribution in [1.29, 1.82) is 0 Å². The minimum absolute atomic E-state index is 0.224. The van der Waals surface area contributed by atoms with Crippen LogP contribution in [0.5, 0.6) is 0 Å². The molecule has 0 unspecified atom stereocenters. The summed E-state index contributed by atoms with van der Waals surface area (Å²) in [5.74, 6) is 1.59. The van der Waals surface area contributed by atoms with Gasteiger partial charge in [-0.3, -0.25) is 4.79 Å². The molecule has 2 heterocycles. The maximum absolute atomic E-state index is 12.7. The van der Waals surface area contributed by atoms with E-state index in [1.54, 1.807) is 17.8 Å². The van der Waals surface area contributed by atoms with Gasteiger partial charge in [-0.15, -0.1) is 11.8 Å². The molecular formula is C25H29N3O2S. The lowest BCUT2D eigenvalue weighted by molar-refractivity contribution is 0.0995. The third-order valence-corrected chi connectivity index (χ3v) is 6.75. The van der Waals surface area contributed by atoms with Crippen LogP contribution in [0, 0.1) is 6.92 Å². The molecule has 162 valence electrons. The van der Waals surface area contributed by atoms with Crippen molar-refractivity contribution in [3.63, 3.8) is 0 Å². The van der Waals surface area contributed by atoms with Crippen molar-refractivity contribution in [1.82, 2.24) is 4.90 Å². The molecule has 1 fully saturated rings. The second-order valence-electron chi connectivity index (χ2n) is 8.18. The zero-order chi connectivity index (χ0) is 21.8. The van der Waals surface area contributed by atoms with Gasteiger partial charge in [-0.1, -0.05) is 24.3 Å². The molecule has 1 aliphatic heterocycles. The first-order valence-electron chi connectivity index (χ1n) is 10.6. The SMILES string of the molecule is Cc1ccc(NC(=O)c2ccc(CSc3ccccc3)o2)cc1N1CC[C@@H](N(C)C)C1. The molecule has 2 aromatic carbocycles. The summed E-state index contributed by atoms with van der Waals surface area (Å²) >= 11 is 1.69. The lowest BCUT2D eigenvalue weighted by Gasteiger charge is -2.24. The smallest absolute Gasteiger partial charge is 0.291 e. The Kier molecular flexibility index (Phi) is 6.68. The first-order chi connectivity index (χ1) is 15.0. The molecule has 1 saturated heterocycles. The Morgan fingerprint density at radius 1 is 1.16 bits per heavy atom. The molecule has 1 aliphatic rings. The summed E-state index contributed by atoms with van der Waals surface area (Å²) in [4.78, 5) is 18.6. The van der Waals surface area contributed by atoms with E-state index in [1.165, 1.54) is 16.1 Å². The number of benzene rings is 2. The number of carbonyl (C=O) groups is 1. The number of likely N-dealkylation sites (N-methyl/N-ethyl adjacent to an activating group) is 1. The Hall–Kier alpha value is -2.70. The Morgan fingerprint density at radius 3 is 2.71 bits per heavy atom. The van der Waals surface area contributed by atoms with Gasteiger partial charge in [-0.05, 0) is 69.4 Å². The molecule has 0 spiro atoms. The van der Waals surface area contributed by atoms with Crippen LogP contribution in [0.3, 0.4) is 0 Å². The van der Waals surface area contributed by atoms with E-state index in [1.807, 2.05) is 30.3 Å². The number of rotatable bonds is 7. The number of nitrogens with one attached hydrogen (secondary N) is 1. The van der Waals surface area contributed by atoms with E-state index in [-0.39, 0.29) is 5.91 Å². The van der Waals surface area contributed by atoms with Crippen molar-refractivity contribution in [2.45, 2.75) is 30.0 Å². The molecule has 0 bridgehead atoms. The Morgan fingerprint density at radius 2 is 1.97 bits per heavy atom. The van der Waals surface area contributed by atoms with Gasteiger partial charge in [0.25, 0.3) is 5.91 Å². The van der Waals surface area contributed by atoms with E-state index in [0.29, 0.717) is 17.6 Å². The minimum atomic E-state index is -0.224. The van der Waals surface area contributed by atoms with Crippen molar-refractivity contribution in [3.8, 4) is 0 Å². The van der Waals surface area contributed by atoms with Gasteiger partial charge < -0.3 is 19.5 Å². The maximum Gasteiger partial charge on any atom is 0.291 e. The van der Waals surface area contributed by atoms with Gasteiger partial charge in [0.05, 0.1) is 5.75 Å². The van der Waals surface area contributed by atoms with E-state index in [9.17, 15) is 4.79 Å². The monoisotopic (exact) mass is 435 g/mol. The fraction of sp³-hybridized carbons (Fsp3) is 0.320. The minimum Gasteiger partial charge on any atom is -0.455 e. The third-order valence-electron chi connectivity index (χ3n) is 5.71. The number of hydrogen-bond donors (Lipinski definition) is 1. The molecule has 1 atom stereocenters. The van der Waals surface area contributed by atoms with Crippen LogP contribution in [0.15, 0.2) is 70.0 Å². The molecule has 6 heteroatoms. The number of aryl methyl sites for hydroxylation is 1. The molecule has 0 saturated carbocycles. The molecule has 1 N–H and O–H groups in total. The first-order valence-corrected chi connectivity index (χ1v) is 11.6. The first kappa shape index (κ1) is 21.5. The molecule has 5 nitrogen and oxygen atoms in total. The summed E-state index contributed by atoms with van der Waals surface area (Å²) in [5.41, 5.74) is 3.19. The van der Waals surface area contributed by atoms with Gasteiger partial charge in [0, 0.05) is 35.4 Å². The highest BCUT2D eigenvalue weighted by Crippen LogP contribution is 2.29. The number of nitrogens with zero attached hydrogens (tertiary/aromatic N) is 2. The van der Waals surface area contributed by atoms with Gasteiger partial charge in [0.2, 0.25) is 0 Å². The highest BCUT2D eigenvalue weighted by Gasteiger charge is 2.25. The summed E-state index contributed by atoms with van der Waals surface area (Å²) in [6, 6.07) is 20.4. The van der Waals surface area contributed by atoms with E-state index in [4.69, 9.17) is 4.42 Å². The second kappa shape index (κ2) is 9.62. The van der Waals surface area contributed by atoms with E-state index < -0.39 is 0 Å². The predicted molar refractivity (Wildman–Crippen MR) is 128 cm³/mol. The quantitative estimate of drug-likeness (QED) is 0.512. The Labute approximate surface area is 188 Å². The lowest BCUT2D eigenvalue weighted by Crippen LogP contribution is -2.31. The van der Waals surface area contributed by atoms with Crippen molar-refractivity contribution in [3.05, 3.63) is 77.7 Å². The van der Waals surface area contributed by atoms with Crippen LogP contribution < -0.4 is 10.2 Å². The van der Waals surface area contributed by atoms with Crippen LogP contribution in [0.4, 0.5) is 11.4 Å². The molecule has 31 heavy (non-hydrogen) atoms. The van der Waals surface area contributed by atoms with Crippen LogP contribution in [0.1, 0.15) is 28.3 Å². The number of carbonyl (C=O) groups excluding carboxylic acids is 1. The topological polar surface area (TPSA) is 48.7 Å². The molecule has 1 aromatic heterocycles. The zero-order valence-corrected chi connectivity index (χ0v) is 19.1. The highest BCUT2D eigenvalue weighted by molar-refractivity contribution is 7.98. The predicted octanol–water partition coefficient (Wildman–Crippen LogP) is 5.27. The van der Waals surface area contributed by atoms with Crippen LogP contribution >= 0.6 is 11.8 Å². The number of hydrogen-bond acceptors (Lipinski definition) is 5. The van der Waals surface area contributed by atoms with E-state index in [2.05, 4.69) is 60.4 Å². The van der Waals surface area contributed by atoms with Crippen LogP contribution in [0.25, 0.3) is 0 Å². The standard InChI is InChI=1S/C25H29N3O2S/c1-18-9-10-19(15-23(18)28-14-13-20(16-28)27(2)3)26-25(29)24-12-11-21(30-24)17-31-22-7-5-4-6-8-22/h4-12,15,20H,13-14,16-17H2,1-3H3,(H,26,29)/t20-/m1/s1. The molecule has 4 rings (SSSR count).